The lowest BCUT2D eigenvalue weighted by Crippen LogP contribution is -2.71. The van der Waals surface area contributed by atoms with Crippen molar-refractivity contribution in [1.82, 2.24) is 0 Å². The van der Waals surface area contributed by atoms with Crippen molar-refractivity contribution >= 4 is 17.6 Å². The smallest absolute Gasteiger partial charge is 0.340 e. The Morgan fingerprint density at radius 3 is 2.34 bits per heavy atom. The van der Waals surface area contributed by atoms with Crippen molar-refractivity contribution < 1.29 is 18.8 Å². The number of nitrogens with one attached hydrogen (secondary N) is 1. The van der Waals surface area contributed by atoms with Crippen LogP contribution in [0, 0.1) is 18.3 Å². The molecule has 1 heterocycles. The number of anilines is 1. The minimum absolute atomic E-state index is 0.00786. The first-order valence-electron chi connectivity index (χ1n) is 10.7. The van der Waals surface area contributed by atoms with E-state index in [4.69, 9.17) is 4.74 Å². The topological polar surface area (TPSA) is 79.2 Å². The van der Waals surface area contributed by atoms with Crippen LogP contribution >= 0.6 is 0 Å². The van der Waals surface area contributed by atoms with Crippen molar-refractivity contribution in [2.75, 3.05) is 32.1 Å². The van der Waals surface area contributed by atoms with Gasteiger partial charge in [0.25, 0.3) is 5.91 Å². The van der Waals surface area contributed by atoms with Gasteiger partial charge in [-0.1, -0.05) is 0 Å². The fourth-order valence-corrected chi connectivity index (χ4v) is 4.96. The van der Waals surface area contributed by atoms with Crippen molar-refractivity contribution in [1.29, 1.82) is 5.26 Å². The Morgan fingerprint density at radius 1 is 1.17 bits per heavy atom. The Morgan fingerprint density at radius 2 is 1.83 bits per heavy atom. The molecule has 1 N–H and O–H groups in total. The number of hydrogen-bond donors (Lipinski definition) is 1. The number of benzene rings is 1. The minimum Gasteiger partial charge on any atom is -0.462 e. The number of carbonyl (C=O) groups excluding carboxylic acids is 2. The molecule has 0 aromatic heterocycles. The van der Waals surface area contributed by atoms with Crippen LogP contribution < -0.4 is 5.32 Å². The highest BCUT2D eigenvalue weighted by molar-refractivity contribution is 6.05. The molecule has 6 heteroatoms. The van der Waals surface area contributed by atoms with Gasteiger partial charge >= 0.3 is 5.97 Å². The number of esters is 1. The summed E-state index contributed by atoms with van der Waals surface area (Å²) in [5, 5.41) is 12.4. The zero-order valence-corrected chi connectivity index (χ0v) is 17.8. The third-order valence-electron chi connectivity index (χ3n) is 6.89. The summed E-state index contributed by atoms with van der Waals surface area (Å²) >= 11 is 0. The van der Waals surface area contributed by atoms with Crippen molar-refractivity contribution in [2.24, 2.45) is 0 Å². The fourth-order valence-electron chi connectivity index (χ4n) is 4.96. The second-order valence-electron chi connectivity index (χ2n) is 8.64. The normalized spacial score (nSPS) is 19.9. The molecular formula is C23H32N3O3+. The van der Waals surface area contributed by atoms with Crippen LogP contribution in [0.25, 0.3) is 0 Å². The Labute approximate surface area is 173 Å². The van der Waals surface area contributed by atoms with Crippen LogP contribution in [0.5, 0.6) is 0 Å². The van der Waals surface area contributed by atoms with Gasteiger partial charge in [0.2, 0.25) is 0 Å². The molecule has 3 rings (SSSR count). The first-order chi connectivity index (χ1) is 13.9. The Kier molecular flexibility index (Phi) is 6.28. The van der Waals surface area contributed by atoms with Gasteiger partial charge in [0.05, 0.1) is 49.6 Å². The molecule has 1 aliphatic carbocycles. The SMILES string of the molecule is CCOC(=O)c1cc(C#N)cc(C)c1NC(=O)C1([N+]2(C)CCCCCC2)CCC1. The van der Waals surface area contributed by atoms with Crippen LogP contribution in [0.4, 0.5) is 5.69 Å². The van der Waals surface area contributed by atoms with E-state index in [1.807, 2.05) is 6.92 Å². The van der Waals surface area contributed by atoms with Crippen molar-refractivity contribution in [3.8, 4) is 6.07 Å². The number of nitrogens with zero attached hydrogens (tertiary/aromatic N) is 2. The van der Waals surface area contributed by atoms with E-state index in [9.17, 15) is 14.9 Å². The van der Waals surface area contributed by atoms with E-state index in [0.717, 1.165) is 49.7 Å². The molecule has 1 aliphatic heterocycles. The summed E-state index contributed by atoms with van der Waals surface area (Å²) in [5.41, 5.74) is 1.38. The molecule has 156 valence electrons. The molecule has 0 atom stereocenters. The van der Waals surface area contributed by atoms with Gasteiger partial charge in [0.15, 0.2) is 5.54 Å². The highest BCUT2D eigenvalue weighted by Gasteiger charge is 2.58. The van der Waals surface area contributed by atoms with Gasteiger partial charge in [-0.2, -0.15) is 5.26 Å². The van der Waals surface area contributed by atoms with E-state index in [2.05, 4.69) is 18.4 Å². The van der Waals surface area contributed by atoms with Crippen LogP contribution in [0.1, 0.15) is 73.4 Å². The van der Waals surface area contributed by atoms with Crippen molar-refractivity contribution in [3.05, 3.63) is 28.8 Å². The lowest BCUT2D eigenvalue weighted by atomic mass is 9.72. The van der Waals surface area contributed by atoms with Gasteiger partial charge in [-0.3, -0.25) is 4.79 Å². The van der Waals surface area contributed by atoms with Crippen LogP contribution in [-0.4, -0.2) is 48.6 Å². The molecule has 1 aromatic carbocycles. The fraction of sp³-hybridized carbons (Fsp3) is 0.609. The van der Waals surface area contributed by atoms with E-state index >= 15 is 0 Å². The number of rotatable bonds is 5. The molecule has 0 unspecified atom stereocenters. The second-order valence-corrected chi connectivity index (χ2v) is 8.64. The van der Waals surface area contributed by atoms with Crippen LogP contribution in [-0.2, 0) is 9.53 Å². The standard InChI is InChI=1S/C23H31N3O3/c1-4-29-21(27)19-15-18(16-24)14-17(2)20(19)25-22(28)23(10-9-11-23)26(3)12-7-5-6-8-13-26/h14-15H,4-13H2,1-3H3/p+1. The monoisotopic (exact) mass is 398 g/mol. The maximum absolute atomic E-state index is 13.6. The molecule has 1 saturated heterocycles. The molecule has 6 nitrogen and oxygen atoms in total. The number of quaternary nitrogens is 1. The van der Waals surface area contributed by atoms with Crippen molar-refractivity contribution in [3.63, 3.8) is 0 Å². The highest BCUT2D eigenvalue weighted by Crippen LogP contribution is 2.44. The van der Waals surface area contributed by atoms with Gasteiger partial charge < -0.3 is 14.5 Å². The van der Waals surface area contributed by atoms with Crippen molar-refractivity contribution in [2.45, 2.75) is 64.3 Å². The number of carbonyl (C=O) groups is 2. The molecule has 2 fully saturated rings. The van der Waals surface area contributed by atoms with E-state index in [0.29, 0.717) is 16.8 Å². The number of likely N-dealkylation sites (tertiary alicyclic amines) is 1. The average Bonchev–Trinajstić information content (AvgIpc) is 2.87. The molecule has 29 heavy (non-hydrogen) atoms. The molecule has 2 aliphatic rings. The maximum Gasteiger partial charge on any atom is 0.340 e. The molecule has 1 amide bonds. The van der Waals surface area contributed by atoms with Gasteiger partial charge in [-0.25, -0.2) is 4.79 Å². The number of nitriles is 1. The van der Waals surface area contributed by atoms with Crippen LogP contribution in [0.3, 0.4) is 0 Å². The predicted molar refractivity (Wildman–Crippen MR) is 111 cm³/mol. The van der Waals surface area contributed by atoms with Crippen LogP contribution in [0.15, 0.2) is 12.1 Å². The van der Waals surface area contributed by atoms with Gasteiger partial charge in [-0.05, 0) is 63.6 Å². The molecule has 0 radical (unpaired) electrons. The van der Waals surface area contributed by atoms with Crippen LogP contribution in [0.2, 0.25) is 0 Å². The van der Waals surface area contributed by atoms with E-state index < -0.39 is 11.5 Å². The predicted octanol–water partition coefficient (Wildman–Crippen LogP) is 3.93. The van der Waals surface area contributed by atoms with E-state index in [1.165, 1.54) is 18.9 Å². The minimum atomic E-state index is -0.513. The summed E-state index contributed by atoms with van der Waals surface area (Å²) in [6.07, 6.45) is 7.56. The zero-order chi connectivity index (χ0) is 21.1. The maximum atomic E-state index is 13.6. The Hall–Kier alpha value is -2.39. The number of likely N-dealkylation sites (N-methyl/N-ethyl adjacent to an activating group) is 1. The van der Waals surface area contributed by atoms with Gasteiger partial charge in [0, 0.05) is 12.8 Å². The summed E-state index contributed by atoms with van der Waals surface area (Å²) in [6.45, 7) is 5.83. The average molecular weight is 399 g/mol. The Bertz CT molecular complexity index is 829. The largest absolute Gasteiger partial charge is 0.462 e. The first-order valence-corrected chi connectivity index (χ1v) is 10.7. The highest BCUT2D eigenvalue weighted by atomic mass is 16.5. The lowest BCUT2D eigenvalue weighted by molar-refractivity contribution is -0.954. The third-order valence-corrected chi connectivity index (χ3v) is 6.89. The number of ether oxygens (including phenoxy) is 1. The van der Waals surface area contributed by atoms with Gasteiger partial charge in [-0.15, -0.1) is 0 Å². The molecule has 1 saturated carbocycles. The Balaban J connectivity index is 1.95. The number of aryl methyl sites for hydroxylation is 1. The lowest BCUT2D eigenvalue weighted by Gasteiger charge is -2.54. The zero-order valence-electron chi connectivity index (χ0n) is 17.8. The number of hydrogen-bond acceptors (Lipinski definition) is 4. The summed E-state index contributed by atoms with van der Waals surface area (Å²) in [5.74, 6) is -0.521. The summed E-state index contributed by atoms with van der Waals surface area (Å²) < 4.78 is 5.96. The molecule has 0 bridgehead atoms. The third kappa shape index (κ3) is 3.89. The quantitative estimate of drug-likeness (QED) is 0.602. The molecule has 0 spiro atoms. The van der Waals surface area contributed by atoms with E-state index in [1.54, 1.807) is 13.0 Å². The summed E-state index contributed by atoms with van der Waals surface area (Å²) in [6, 6.07) is 5.29. The number of amides is 1. The molecular weight excluding hydrogens is 366 g/mol. The summed E-state index contributed by atoms with van der Waals surface area (Å²) in [7, 11) is 2.22. The molecule has 1 aromatic rings. The second kappa shape index (κ2) is 8.54. The first kappa shape index (κ1) is 21.3. The summed E-state index contributed by atoms with van der Waals surface area (Å²) in [4.78, 5) is 26.2. The van der Waals surface area contributed by atoms with Gasteiger partial charge in [0.1, 0.15) is 0 Å². The van der Waals surface area contributed by atoms with E-state index in [-0.39, 0.29) is 18.1 Å².